The van der Waals surface area contributed by atoms with Crippen LogP contribution in [0.1, 0.15) is 43.0 Å². The summed E-state index contributed by atoms with van der Waals surface area (Å²) in [4.78, 5) is 2.38. The fourth-order valence-electron chi connectivity index (χ4n) is 4.10. The molecule has 3 aromatic rings. The Bertz CT molecular complexity index is 1080. The number of nitriles is 1. The van der Waals surface area contributed by atoms with Gasteiger partial charge in [-0.15, -0.1) is 11.3 Å². The minimum absolute atomic E-state index is 0.0344. The predicted molar refractivity (Wildman–Crippen MR) is 122 cm³/mol. The zero-order valence-corrected chi connectivity index (χ0v) is 18.1. The van der Waals surface area contributed by atoms with Crippen LogP contribution in [0.5, 0.6) is 5.75 Å². The van der Waals surface area contributed by atoms with E-state index in [4.69, 9.17) is 9.84 Å². The van der Waals surface area contributed by atoms with E-state index in [0.29, 0.717) is 23.9 Å². The van der Waals surface area contributed by atoms with Crippen molar-refractivity contribution in [1.29, 1.82) is 5.26 Å². The molecule has 0 spiro atoms. The molecule has 4 rings (SSSR count). The highest BCUT2D eigenvalue weighted by Crippen LogP contribution is 2.42. The van der Waals surface area contributed by atoms with Crippen LogP contribution in [0.4, 0.5) is 0 Å². The molecular formula is C25H26N2O2S. The van der Waals surface area contributed by atoms with Crippen LogP contribution in [0.2, 0.25) is 0 Å². The van der Waals surface area contributed by atoms with Gasteiger partial charge >= 0.3 is 0 Å². The van der Waals surface area contributed by atoms with Gasteiger partial charge in [0.25, 0.3) is 0 Å². The molecule has 0 unspecified atom stereocenters. The van der Waals surface area contributed by atoms with Crippen LogP contribution in [0, 0.1) is 11.3 Å². The molecule has 1 heterocycles. The van der Waals surface area contributed by atoms with Gasteiger partial charge in [-0.3, -0.25) is 0 Å². The maximum atomic E-state index is 9.53. The van der Waals surface area contributed by atoms with E-state index in [-0.39, 0.29) is 12.7 Å². The van der Waals surface area contributed by atoms with E-state index < -0.39 is 0 Å². The molecule has 0 saturated heterocycles. The van der Waals surface area contributed by atoms with Crippen molar-refractivity contribution in [2.45, 2.75) is 38.8 Å². The summed E-state index contributed by atoms with van der Waals surface area (Å²) >= 11 is 1.75. The molecule has 154 valence electrons. The van der Waals surface area contributed by atoms with Gasteiger partial charge in [-0.2, -0.15) is 5.26 Å². The number of benzene rings is 2. The smallest absolute Gasteiger partial charge is 0.137 e. The quantitative estimate of drug-likeness (QED) is 0.546. The average Bonchev–Trinajstić information content (AvgIpc) is 3.39. The van der Waals surface area contributed by atoms with Gasteiger partial charge < -0.3 is 15.2 Å². The fraction of sp³-hybridized carbons (Fsp3) is 0.320. The molecule has 0 fully saturated rings. The first-order valence-electron chi connectivity index (χ1n) is 10.4. The van der Waals surface area contributed by atoms with Gasteiger partial charge in [-0.05, 0) is 79.3 Å². The van der Waals surface area contributed by atoms with E-state index in [9.17, 15) is 5.26 Å². The molecule has 2 aromatic carbocycles. The second kappa shape index (κ2) is 9.01. The molecule has 4 nitrogen and oxygen atoms in total. The monoisotopic (exact) mass is 418 g/mol. The Morgan fingerprint density at radius 3 is 2.80 bits per heavy atom. The highest BCUT2D eigenvalue weighted by molar-refractivity contribution is 7.18. The van der Waals surface area contributed by atoms with Crippen molar-refractivity contribution in [2.24, 2.45) is 0 Å². The summed E-state index contributed by atoms with van der Waals surface area (Å²) in [7, 11) is 0. The van der Waals surface area contributed by atoms with Crippen molar-refractivity contribution in [1.82, 2.24) is 5.32 Å². The third kappa shape index (κ3) is 4.13. The first-order valence-corrected chi connectivity index (χ1v) is 11.2. The van der Waals surface area contributed by atoms with Crippen LogP contribution in [0.25, 0.3) is 20.9 Å². The Balaban J connectivity index is 1.63. The van der Waals surface area contributed by atoms with Crippen LogP contribution >= 0.6 is 11.3 Å². The summed E-state index contributed by atoms with van der Waals surface area (Å²) in [6, 6.07) is 19.2. The molecule has 0 saturated carbocycles. The number of aliphatic hydroxyl groups is 1. The Kier molecular flexibility index (Phi) is 6.19. The standard InChI is InChI=1S/C25H26N2O2S/c1-16(2)29-23-9-6-17(14-18(23)15-26)24-10-11-25(30-24)21-5-3-4-20-19(21)7-8-22(20)27-12-13-28/h3-6,9-11,14,16,22,27-28H,7-8,12-13H2,1-2H3/t22-/m0/s1. The second-order valence-electron chi connectivity index (χ2n) is 7.80. The molecule has 2 N–H and O–H groups in total. The highest BCUT2D eigenvalue weighted by atomic mass is 32.1. The molecule has 0 aliphatic heterocycles. The first-order chi connectivity index (χ1) is 14.6. The molecule has 1 aromatic heterocycles. The summed E-state index contributed by atoms with van der Waals surface area (Å²) in [6.45, 7) is 4.70. The fourth-order valence-corrected chi connectivity index (χ4v) is 5.16. The van der Waals surface area contributed by atoms with Crippen molar-refractivity contribution >= 4 is 11.3 Å². The van der Waals surface area contributed by atoms with Gasteiger partial charge in [-0.1, -0.05) is 18.2 Å². The van der Waals surface area contributed by atoms with Crippen molar-refractivity contribution in [3.63, 3.8) is 0 Å². The van der Waals surface area contributed by atoms with Crippen LogP contribution < -0.4 is 10.1 Å². The van der Waals surface area contributed by atoms with Gasteiger partial charge in [0.05, 0.1) is 18.3 Å². The predicted octanol–water partition coefficient (Wildman–Crippen LogP) is 5.31. The van der Waals surface area contributed by atoms with Crippen LogP contribution in [0.3, 0.4) is 0 Å². The van der Waals surface area contributed by atoms with Crippen LogP contribution in [0.15, 0.2) is 48.5 Å². The second-order valence-corrected chi connectivity index (χ2v) is 8.88. The number of nitrogens with one attached hydrogen (secondary N) is 1. The minimum Gasteiger partial charge on any atom is -0.490 e. The Labute approximate surface area is 181 Å². The van der Waals surface area contributed by atoms with Gasteiger partial charge in [0.1, 0.15) is 11.8 Å². The molecule has 0 bridgehead atoms. The molecule has 5 heteroatoms. The largest absolute Gasteiger partial charge is 0.490 e. The average molecular weight is 419 g/mol. The lowest BCUT2D eigenvalue weighted by molar-refractivity contribution is 0.242. The maximum absolute atomic E-state index is 9.53. The summed E-state index contributed by atoms with van der Waals surface area (Å²) < 4.78 is 5.75. The number of hydrogen-bond acceptors (Lipinski definition) is 5. The Hall–Kier alpha value is -2.65. The molecule has 1 aliphatic rings. The van der Waals surface area contributed by atoms with Crippen LogP contribution in [-0.2, 0) is 6.42 Å². The molecule has 0 amide bonds. The van der Waals surface area contributed by atoms with E-state index in [1.165, 1.54) is 21.6 Å². The number of rotatable bonds is 7. The van der Waals surface area contributed by atoms with E-state index in [1.54, 1.807) is 11.3 Å². The Morgan fingerprint density at radius 2 is 2.03 bits per heavy atom. The third-order valence-corrected chi connectivity index (χ3v) is 6.56. The van der Waals surface area contributed by atoms with Crippen molar-refractivity contribution in [3.8, 4) is 32.7 Å². The number of hydrogen-bond donors (Lipinski definition) is 2. The number of aliphatic hydroxyl groups excluding tert-OH is 1. The lowest BCUT2D eigenvalue weighted by atomic mass is 10.0. The number of ether oxygens (including phenoxy) is 1. The van der Waals surface area contributed by atoms with Gasteiger partial charge in [0.2, 0.25) is 0 Å². The van der Waals surface area contributed by atoms with Crippen molar-refractivity contribution < 1.29 is 9.84 Å². The van der Waals surface area contributed by atoms with Gasteiger partial charge in [-0.25, -0.2) is 0 Å². The lowest BCUT2D eigenvalue weighted by Crippen LogP contribution is -2.22. The first kappa shape index (κ1) is 20.6. The SMILES string of the molecule is CC(C)Oc1ccc(-c2ccc(-c3cccc4c3CC[C@@H]4NCCO)s2)cc1C#N. The van der Waals surface area contributed by atoms with Gasteiger partial charge in [0.15, 0.2) is 0 Å². The van der Waals surface area contributed by atoms with Crippen molar-refractivity contribution in [3.05, 3.63) is 65.2 Å². The molecule has 0 radical (unpaired) electrons. The van der Waals surface area contributed by atoms with E-state index in [2.05, 4.69) is 41.7 Å². The third-order valence-electron chi connectivity index (χ3n) is 5.39. The molecule has 1 aliphatic carbocycles. The number of fused-ring (bicyclic) bond motifs is 1. The minimum atomic E-state index is 0.0344. The molecular weight excluding hydrogens is 392 g/mol. The highest BCUT2D eigenvalue weighted by Gasteiger charge is 2.24. The summed E-state index contributed by atoms with van der Waals surface area (Å²) in [6.07, 6.45) is 2.14. The van der Waals surface area contributed by atoms with E-state index in [1.807, 2.05) is 32.0 Å². The zero-order chi connectivity index (χ0) is 21.1. The zero-order valence-electron chi connectivity index (χ0n) is 17.3. The van der Waals surface area contributed by atoms with E-state index >= 15 is 0 Å². The number of thiophene rings is 1. The van der Waals surface area contributed by atoms with Crippen LogP contribution in [-0.4, -0.2) is 24.4 Å². The molecule has 30 heavy (non-hydrogen) atoms. The normalized spacial score (nSPS) is 15.2. The summed E-state index contributed by atoms with van der Waals surface area (Å²) in [5, 5.41) is 22.1. The topological polar surface area (TPSA) is 65.3 Å². The molecule has 1 atom stereocenters. The lowest BCUT2D eigenvalue weighted by Gasteiger charge is -2.14. The van der Waals surface area contributed by atoms with Crippen molar-refractivity contribution in [2.75, 3.05) is 13.2 Å². The summed E-state index contributed by atoms with van der Waals surface area (Å²) in [5.74, 6) is 0.635. The Morgan fingerprint density at radius 1 is 1.20 bits per heavy atom. The maximum Gasteiger partial charge on any atom is 0.137 e. The number of nitrogens with zero attached hydrogens (tertiary/aromatic N) is 1. The van der Waals surface area contributed by atoms with Gasteiger partial charge in [0, 0.05) is 22.3 Å². The van der Waals surface area contributed by atoms with E-state index in [0.717, 1.165) is 23.3 Å². The summed E-state index contributed by atoms with van der Waals surface area (Å²) in [5.41, 5.74) is 5.64.